The summed E-state index contributed by atoms with van der Waals surface area (Å²) >= 11 is 0. The van der Waals surface area contributed by atoms with Gasteiger partial charge in [-0.3, -0.25) is 4.99 Å². The summed E-state index contributed by atoms with van der Waals surface area (Å²) in [4.78, 5) is 4.91. The molecule has 2 rings (SSSR count). The van der Waals surface area contributed by atoms with E-state index in [0.717, 1.165) is 23.6 Å². The summed E-state index contributed by atoms with van der Waals surface area (Å²) in [5, 5.41) is 0. The molecule has 0 aromatic heterocycles. The quantitative estimate of drug-likeness (QED) is 0.813. The molecule has 20 heavy (non-hydrogen) atoms. The topological polar surface area (TPSA) is 30.8 Å². The third-order valence-electron chi connectivity index (χ3n) is 3.48. The van der Waals surface area contributed by atoms with Crippen LogP contribution in [0.1, 0.15) is 38.8 Å². The van der Waals surface area contributed by atoms with Gasteiger partial charge in [-0.25, -0.2) is 0 Å². The van der Waals surface area contributed by atoms with Crippen LogP contribution >= 0.6 is 0 Å². The van der Waals surface area contributed by atoms with Crippen LogP contribution in [0.3, 0.4) is 0 Å². The highest BCUT2D eigenvalue weighted by molar-refractivity contribution is 6.04. The van der Waals surface area contributed by atoms with Gasteiger partial charge in [0.15, 0.2) is 11.5 Å². The predicted octanol–water partition coefficient (Wildman–Crippen LogP) is 0.488. The van der Waals surface area contributed by atoms with E-state index in [1.807, 2.05) is 0 Å². The number of hydrogen-bond acceptors (Lipinski definition) is 3. The van der Waals surface area contributed by atoms with Crippen LogP contribution in [0.25, 0.3) is 0 Å². The van der Waals surface area contributed by atoms with Crippen LogP contribution in [0.5, 0.6) is 11.5 Å². The van der Waals surface area contributed by atoms with Gasteiger partial charge in [0.2, 0.25) is 0 Å². The Morgan fingerprint density at radius 2 is 1.65 bits per heavy atom. The molecule has 0 bridgehead atoms. The van der Waals surface area contributed by atoms with Crippen molar-refractivity contribution in [1.82, 2.24) is 0 Å². The lowest BCUT2D eigenvalue weighted by Crippen LogP contribution is -3.00. The van der Waals surface area contributed by atoms with Gasteiger partial charge in [0.1, 0.15) is 0 Å². The second-order valence-corrected chi connectivity index (χ2v) is 6.01. The minimum absolute atomic E-state index is 0. The van der Waals surface area contributed by atoms with E-state index in [-0.39, 0.29) is 17.9 Å². The van der Waals surface area contributed by atoms with Crippen molar-refractivity contribution in [3.63, 3.8) is 0 Å². The molecule has 0 saturated carbocycles. The first-order chi connectivity index (χ1) is 8.88. The number of aliphatic imine (C=N–C) groups is 1. The SMILES string of the molecule is COc1cc2c(cc1OC)C(C(C)C)=NC(C)(C)C2.[Cl-]. The van der Waals surface area contributed by atoms with Gasteiger partial charge in [0.05, 0.1) is 19.8 Å². The van der Waals surface area contributed by atoms with Gasteiger partial charge in [0.25, 0.3) is 0 Å². The fourth-order valence-electron chi connectivity index (χ4n) is 2.64. The molecule has 1 aromatic carbocycles. The van der Waals surface area contributed by atoms with Crippen molar-refractivity contribution in [2.24, 2.45) is 10.9 Å². The number of halogens is 1. The van der Waals surface area contributed by atoms with Crippen molar-refractivity contribution < 1.29 is 21.9 Å². The minimum Gasteiger partial charge on any atom is -1.00 e. The molecule has 0 unspecified atom stereocenters. The van der Waals surface area contributed by atoms with Crippen LogP contribution in [0, 0.1) is 5.92 Å². The molecule has 1 aliphatic rings. The first-order valence-corrected chi connectivity index (χ1v) is 6.73. The summed E-state index contributed by atoms with van der Waals surface area (Å²) in [6.07, 6.45) is 0.929. The van der Waals surface area contributed by atoms with E-state index in [1.54, 1.807) is 14.2 Å². The van der Waals surface area contributed by atoms with Crippen molar-refractivity contribution in [2.45, 2.75) is 39.7 Å². The molecule has 112 valence electrons. The summed E-state index contributed by atoms with van der Waals surface area (Å²) in [6.45, 7) is 8.71. The molecule has 3 nitrogen and oxygen atoms in total. The third-order valence-corrected chi connectivity index (χ3v) is 3.48. The lowest BCUT2D eigenvalue weighted by atomic mass is 9.83. The summed E-state index contributed by atoms with van der Waals surface area (Å²) in [5.41, 5.74) is 3.60. The normalized spacial score (nSPS) is 16.1. The van der Waals surface area contributed by atoms with Crippen LogP contribution in [-0.2, 0) is 6.42 Å². The van der Waals surface area contributed by atoms with E-state index in [0.29, 0.717) is 5.92 Å². The largest absolute Gasteiger partial charge is 1.00 e. The summed E-state index contributed by atoms with van der Waals surface area (Å²) in [6, 6.07) is 4.15. The van der Waals surface area contributed by atoms with Gasteiger partial charge >= 0.3 is 0 Å². The first kappa shape index (κ1) is 16.8. The Labute approximate surface area is 127 Å². The summed E-state index contributed by atoms with van der Waals surface area (Å²) in [7, 11) is 3.35. The number of rotatable bonds is 3. The van der Waals surface area contributed by atoms with Crippen molar-refractivity contribution in [3.8, 4) is 11.5 Å². The maximum Gasteiger partial charge on any atom is 0.161 e. The number of methoxy groups -OCH3 is 2. The van der Waals surface area contributed by atoms with E-state index in [2.05, 4.69) is 39.8 Å². The Kier molecular flexibility index (Phi) is 5.09. The third kappa shape index (κ3) is 3.09. The molecular weight excluding hydrogens is 274 g/mol. The second kappa shape index (κ2) is 6.04. The van der Waals surface area contributed by atoms with Crippen molar-refractivity contribution in [3.05, 3.63) is 23.3 Å². The van der Waals surface area contributed by atoms with Gasteiger partial charge in [0, 0.05) is 11.3 Å². The molecule has 0 saturated heterocycles. The summed E-state index contributed by atoms with van der Waals surface area (Å²) < 4.78 is 10.8. The van der Waals surface area contributed by atoms with E-state index < -0.39 is 0 Å². The highest BCUT2D eigenvalue weighted by Gasteiger charge is 2.29. The average molecular weight is 297 g/mol. The fraction of sp³-hybridized carbons (Fsp3) is 0.562. The van der Waals surface area contributed by atoms with Gasteiger partial charge < -0.3 is 21.9 Å². The van der Waals surface area contributed by atoms with Gasteiger partial charge in [-0.15, -0.1) is 0 Å². The minimum atomic E-state index is -0.0494. The van der Waals surface area contributed by atoms with Crippen LogP contribution in [0.2, 0.25) is 0 Å². The number of ether oxygens (including phenoxy) is 2. The zero-order valence-electron chi connectivity index (χ0n) is 13.1. The Bertz CT molecular complexity index is 521. The monoisotopic (exact) mass is 296 g/mol. The van der Waals surface area contributed by atoms with E-state index in [9.17, 15) is 0 Å². The van der Waals surface area contributed by atoms with E-state index >= 15 is 0 Å². The molecular formula is C16H23ClNO2-. The lowest BCUT2D eigenvalue weighted by molar-refractivity contribution is -0.00000524. The zero-order chi connectivity index (χ0) is 14.2. The molecule has 0 amide bonds. The molecule has 1 aliphatic heterocycles. The van der Waals surface area contributed by atoms with Gasteiger partial charge in [-0.2, -0.15) is 0 Å². The fourth-order valence-corrected chi connectivity index (χ4v) is 2.64. The highest BCUT2D eigenvalue weighted by atomic mass is 35.5. The Hall–Kier alpha value is -1.22. The first-order valence-electron chi connectivity index (χ1n) is 6.73. The Morgan fingerprint density at radius 1 is 1.10 bits per heavy atom. The van der Waals surface area contributed by atoms with Crippen LogP contribution < -0.4 is 21.9 Å². The number of nitrogens with zero attached hydrogens (tertiary/aromatic N) is 1. The van der Waals surface area contributed by atoms with E-state index in [1.165, 1.54) is 11.1 Å². The molecule has 0 spiro atoms. The second-order valence-electron chi connectivity index (χ2n) is 6.01. The number of fused-ring (bicyclic) bond motifs is 1. The molecule has 0 atom stereocenters. The predicted molar refractivity (Wildman–Crippen MR) is 78.7 cm³/mol. The van der Waals surface area contributed by atoms with Gasteiger partial charge in [-0.05, 0) is 43.9 Å². The van der Waals surface area contributed by atoms with Crippen LogP contribution in [-0.4, -0.2) is 25.5 Å². The Morgan fingerprint density at radius 3 is 2.15 bits per heavy atom. The maximum absolute atomic E-state index is 5.40. The molecule has 4 heteroatoms. The lowest BCUT2D eigenvalue weighted by Gasteiger charge is -2.31. The van der Waals surface area contributed by atoms with Gasteiger partial charge in [-0.1, -0.05) is 13.8 Å². The number of hydrogen-bond donors (Lipinski definition) is 0. The van der Waals surface area contributed by atoms with Crippen molar-refractivity contribution >= 4 is 5.71 Å². The molecule has 1 aromatic rings. The van der Waals surface area contributed by atoms with Crippen LogP contribution in [0.15, 0.2) is 17.1 Å². The van der Waals surface area contributed by atoms with E-state index in [4.69, 9.17) is 14.5 Å². The van der Waals surface area contributed by atoms with Crippen molar-refractivity contribution in [2.75, 3.05) is 14.2 Å². The van der Waals surface area contributed by atoms with Crippen LogP contribution in [0.4, 0.5) is 0 Å². The molecule has 0 aliphatic carbocycles. The Balaban J connectivity index is 0.00000200. The molecule has 0 N–H and O–H groups in total. The highest BCUT2D eigenvalue weighted by Crippen LogP contribution is 2.37. The number of benzene rings is 1. The summed E-state index contributed by atoms with van der Waals surface area (Å²) in [5.74, 6) is 1.97. The molecule has 0 radical (unpaired) electrons. The molecule has 1 heterocycles. The average Bonchev–Trinajstić information content (AvgIpc) is 2.35. The zero-order valence-corrected chi connectivity index (χ0v) is 13.8. The van der Waals surface area contributed by atoms with Crippen molar-refractivity contribution in [1.29, 1.82) is 0 Å². The maximum atomic E-state index is 5.40. The smallest absolute Gasteiger partial charge is 0.161 e. The molecule has 0 fully saturated rings. The standard InChI is InChI=1S/C16H23NO2.ClH/c1-10(2)15-12-8-14(19-6)13(18-5)7-11(12)9-16(3,4)17-15;/h7-8,10H,9H2,1-6H3;1H/p-1.